The second-order valence-electron chi connectivity index (χ2n) is 9.14. The van der Waals surface area contributed by atoms with E-state index in [2.05, 4.69) is 29.6 Å². The molecule has 3 atom stereocenters. The average Bonchev–Trinajstić information content (AvgIpc) is 3.45. The fourth-order valence-corrected chi connectivity index (χ4v) is 5.45. The van der Waals surface area contributed by atoms with Crippen molar-refractivity contribution in [3.8, 4) is 11.1 Å². The highest BCUT2D eigenvalue weighted by atomic mass is 16.5. The van der Waals surface area contributed by atoms with Crippen molar-refractivity contribution in [3.05, 3.63) is 59.7 Å². The van der Waals surface area contributed by atoms with Crippen molar-refractivity contribution in [3.63, 3.8) is 0 Å². The highest BCUT2D eigenvalue weighted by Gasteiger charge is 2.39. The summed E-state index contributed by atoms with van der Waals surface area (Å²) in [6, 6.07) is 15.2. The Labute approximate surface area is 197 Å². The molecule has 2 aliphatic carbocycles. The molecule has 2 aromatic rings. The number of alkyl carbamates (subject to hydrolysis) is 1. The van der Waals surface area contributed by atoms with Crippen LogP contribution in [0.15, 0.2) is 48.5 Å². The minimum atomic E-state index is -1.06. The van der Waals surface area contributed by atoms with Crippen LogP contribution < -0.4 is 5.32 Å². The summed E-state index contributed by atoms with van der Waals surface area (Å²) in [5.74, 6) is -1.55. The van der Waals surface area contributed by atoms with Gasteiger partial charge in [0.2, 0.25) is 5.91 Å². The molecule has 2 N–H and O–H groups in total. The second kappa shape index (κ2) is 9.46. The predicted octanol–water partition coefficient (Wildman–Crippen LogP) is 3.01. The molecule has 1 saturated heterocycles. The van der Waals surface area contributed by atoms with Gasteiger partial charge >= 0.3 is 12.1 Å². The van der Waals surface area contributed by atoms with Gasteiger partial charge < -0.3 is 24.8 Å². The van der Waals surface area contributed by atoms with Gasteiger partial charge in [-0.3, -0.25) is 4.79 Å². The van der Waals surface area contributed by atoms with Crippen LogP contribution in [0.25, 0.3) is 11.1 Å². The molecular formula is C26H28N2O6. The molecule has 3 aliphatic rings. The van der Waals surface area contributed by atoms with E-state index in [0.717, 1.165) is 11.1 Å². The van der Waals surface area contributed by atoms with E-state index < -0.39 is 18.1 Å². The predicted molar refractivity (Wildman–Crippen MR) is 123 cm³/mol. The van der Waals surface area contributed by atoms with Crippen LogP contribution in [0.3, 0.4) is 0 Å². The molecule has 0 radical (unpaired) electrons. The molecule has 1 unspecified atom stereocenters. The number of carbonyl (C=O) groups excluding carboxylic acids is 2. The quantitative estimate of drug-likeness (QED) is 0.705. The lowest BCUT2D eigenvalue weighted by Gasteiger charge is -2.34. The van der Waals surface area contributed by atoms with Gasteiger partial charge in [0.25, 0.3) is 0 Å². The first-order valence-corrected chi connectivity index (χ1v) is 11.8. The Balaban J connectivity index is 1.16. The number of nitrogens with zero attached hydrogens (tertiary/aromatic N) is 1. The summed E-state index contributed by atoms with van der Waals surface area (Å²) >= 11 is 0. The Morgan fingerprint density at radius 2 is 1.71 bits per heavy atom. The number of amides is 2. The maximum absolute atomic E-state index is 12.9. The number of ether oxygens (including phenoxy) is 2. The van der Waals surface area contributed by atoms with Gasteiger partial charge in [-0.1, -0.05) is 48.5 Å². The van der Waals surface area contributed by atoms with Crippen LogP contribution in [0, 0.1) is 5.92 Å². The summed E-state index contributed by atoms with van der Waals surface area (Å²) in [7, 11) is 0. The number of hydrogen-bond acceptors (Lipinski definition) is 5. The van der Waals surface area contributed by atoms with E-state index in [4.69, 9.17) is 9.47 Å². The summed E-state index contributed by atoms with van der Waals surface area (Å²) in [5.41, 5.74) is 4.65. The number of fused-ring (bicyclic) bond motifs is 3. The molecule has 1 saturated carbocycles. The Kier molecular flexibility index (Phi) is 6.24. The summed E-state index contributed by atoms with van der Waals surface area (Å²) in [6.07, 6.45) is 1.25. The Morgan fingerprint density at radius 3 is 2.38 bits per heavy atom. The van der Waals surface area contributed by atoms with E-state index in [9.17, 15) is 19.5 Å². The first-order valence-electron chi connectivity index (χ1n) is 11.8. The van der Waals surface area contributed by atoms with Crippen molar-refractivity contribution in [2.45, 2.75) is 37.3 Å². The van der Waals surface area contributed by atoms with Gasteiger partial charge in [0, 0.05) is 24.4 Å². The third-order valence-electron chi connectivity index (χ3n) is 7.14. The fraction of sp³-hybridized carbons (Fsp3) is 0.423. The van der Waals surface area contributed by atoms with E-state index in [-0.39, 0.29) is 43.5 Å². The molecule has 8 nitrogen and oxygen atoms in total. The number of aliphatic carboxylic acids is 1. The number of nitrogens with one attached hydrogen (secondary N) is 1. The van der Waals surface area contributed by atoms with Gasteiger partial charge in [-0.15, -0.1) is 0 Å². The number of benzene rings is 2. The van der Waals surface area contributed by atoms with Crippen LogP contribution in [0.1, 0.15) is 36.3 Å². The molecule has 5 rings (SSSR count). The smallest absolute Gasteiger partial charge is 0.407 e. The van der Waals surface area contributed by atoms with Gasteiger partial charge in [0.15, 0.2) is 6.04 Å². The van der Waals surface area contributed by atoms with Crippen LogP contribution in [0.2, 0.25) is 0 Å². The van der Waals surface area contributed by atoms with Crippen LogP contribution in [-0.4, -0.2) is 66.4 Å². The van der Waals surface area contributed by atoms with Crippen molar-refractivity contribution in [2.75, 3.05) is 26.4 Å². The molecule has 0 aromatic heterocycles. The van der Waals surface area contributed by atoms with Crippen molar-refractivity contribution in [1.29, 1.82) is 0 Å². The Bertz CT molecular complexity index is 1060. The van der Waals surface area contributed by atoms with E-state index in [0.29, 0.717) is 25.9 Å². The van der Waals surface area contributed by atoms with Crippen LogP contribution in [0.5, 0.6) is 0 Å². The minimum Gasteiger partial charge on any atom is -0.480 e. The highest BCUT2D eigenvalue weighted by Crippen LogP contribution is 2.44. The molecule has 8 heteroatoms. The second-order valence-corrected chi connectivity index (χ2v) is 9.14. The topological polar surface area (TPSA) is 105 Å². The van der Waals surface area contributed by atoms with Gasteiger partial charge in [0.1, 0.15) is 6.61 Å². The third kappa shape index (κ3) is 4.25. The third-order valence-corrected chi connectivity index (χ3v) is 7.14. The SMILES string of the molecule is O=C(N[C@H]1CC[C@@H](C(=O)N2CCOCC2C(=O)O)C1)OCC1c2ccccc2-c2ccccc21. The van der Waals surface area contributed by atoms with Crippen molar-refractivity contribution >= 4 is 18.0 Å². The first-order chi connectivity index (χ1) is 16.5. The van der Waals surface area contributed by atoms with E-state index in [1.165, 1.54) is 16.0 Å². The Hall–Kier alpha value is -3.39. The highest BCUT2D eigenvalue weighted by molar-refractivity contribution is 5.86. The zero-order chi connectivity index (χ0) is 23.7. The molecule has 2 fully saturated rings. The normalized spacial score (nSPS) is 23.8. The van der Waals surface area contributed by atoms with E-state index in [1.807, 2.05) is 24.3 Å². The van der Waals surface area contributed by atoms with Crippen molar-refractivity contribution in [2.24, 2.45) is 5.92 Å². The van der Waals surface area contributed by atoms with Gasteiger partial charge in [-0.2, -0.15) is 0 Å². The molecule has 0 bridgehead atoms. The lowest BCUT2D eigenvalue weighted by Crippen LogP contribution is -2.54. The van der Waals surface area contributed by atoms with Crippen molar-refractivity contribution < 1.29 is 29.0 Å². The number of rotatable bonds is 5. The Morgan fingerprint density at radius 1 is 1.03 bits per heavy atom. The lowest BCUT2D eigenvalue weighted by atomic mass is 9.98. The van der Waals surface area contributed by atoms with Gasteiger partial charge in [-0.05, 0) is 41.5 Å². The minimum absolute atomic E-state index is 0.00896. The first kappa shape index (κ1) is 22.4. The number of hydrogen-bond donors (Lipinski definition) is 2. The van der Waals surface area contributed by atoms with E-state index >= 15 is 0 Å². The molecule has 178 valence electrons. The molecule has 1 heterocycles. The summed E-state index contributed by atoms with van der Waals surface area (Å²) in [5, 5.41) is 12.3. The number of carbonyl (C=O) groups is 3. The molecule has 34 heavy (non-hydrogen) atoms. The van der Waals surface area contributed by atoms with Gasteiger partial charge in [0.05, 0.1) is 13.2 Å². The van der Waals surface area contributed by atoms with Crippen LogP contribution in [-0.2, 0) is 19.1 Å². The largest absolute Gasteiger partial charge is 0.480 e. The maximum atomic E-state index is 12.9. The fourth-order valence-electron chi connectivity index (χ4n) is 5.45. The van der Waals surface area contributed by atoms with Crippen LogP contribution in [0.4, 0.5) is 4.79 Å². The molecule has 0 spiro atoms. The summed E-state index contributed by atoms with van der Waals surface area (Å²) in [6.45, 7) is 0.860. The summed E-state index contributed by atoms with van der Waals surface area (Å²) in [4.78, 5) is 38.4. The monoisotopic (exact) mass is 464 g/mol. The molecule has 2 amide bonds. The summed E-state index contributed by atoms with van der Waals surface area (Å²) < 4.78 is 10.8. The van der Waals surface area contributed by atoms with E-state index in [1.54, 1.807) is 0 Å². The van der Waals surface area contributed by atoms with Crippen LogP contribution >= 0.6 is 0 Å². The van der Waals surface area contributed by atoms with Gasteiger partial charge in [-0.25, -0.2) is 9.59 Å². The maximum Gasteiger partial charge on any atom is 0.407 e. The number of carboxylic acids is 1. The average molecular weight is 465 g/mol. The lowest BCUT2D eigenvalue weighted by molar-refractivity contribution is -0.160. The molecular weight excluding hydrogens is 436 g/mol. The standard InChI is InChI=1S/C26H28N2O6/c29-24(28-11-12-33-15-23(28)25(30)31)16-9-10-17(13-16)27-26(32)34-14-22-20-7-3-1-5-18(20)19-6-2-4-8-21(19)22/h1-8,16-17,22-23H,9-15H2,(H,27,32)(H,30,31)/t16-,17+,23?/m1/s1. The zero-order valence-corrected chi connectivity index (χ0v) is 18.8. The molecule has 1 aliphatic heterocycles. The molecule has 2 aromatic carbocycles. The van der Waals surface area contributed by atoms with Crippen molar-refractivity contribution in [1.82, 2.24) is 10.2 Å². The zero-order valence-electron chi connectivity index (χ0n) is 18.8. The number of carboxylic acid groups (broad SMARTS) is 1. The number of morpholine rings is 1.